The van der Waals surface area contributed by atoms with E-state index in [1.807, 2.05) is 19.0 Å². The zero-order valence-corrected chi connectivity index (χ0v) is 9.03. The molecule has 14 heavy (non-hydrogen) atoms. The Labute approximate surface area is 86.6 Å². The monoisotopic (exact) mass is 193 g/mol. The molecule has 2 heteroatoms. The van der Waals surface area contributed by atoms with Gasteiger partial charge in [-0.05, 0) is 39.3 Å². The maximum absolute atomic E-state index is 9.76. The van der Waals surface area contributed by atoms with E-state index >= 15 is 0 Å². The quantitative estimate of drug-likeness (QED) is 0.527. The molecule has 1 aliphatic rings. The molecule has 1 N–H and O–H groups in total. The summed E-state index contributed by atoms with van der Waals surface area (Å²) in [4.78, 5) is 2.00. The first-order chi connectivity index (χ1) is 6.70. The van der Waals surface area contributed by atoms with Gasteiger partial charge in [-0.2, -0.15) is 0 Å². The molecule has 0 aromatic heterocycles. The lowest BCUT2D eigenvalue weighted by Gasteiger charge is -2.19. The van der Waals surface area contributed by atoms with Crippen molar-refractivity contribution < 1.29 is 5.11 Å². The first kappa shape index (κ1) is 11.3. The molecule has 0 bridgehead atoms. The van der Waals surface area contributed by atoms with Crippen molar-refractivity contribution in [2.24, 2.45) is 5.92 Å². The number of hydrogen-bond donors (Lipinski definition) is 1. The van der Waals surface area contributed by atoms with E-state index in [9.17, 15) is 5.11 Å². The van der Waals surface area contributed by atoms with Crippen molar-refractivity contribution >= 4 is 0 Å². The van der Waals surface area contributed by atoms with Gasteiger partial charge in [-0.3, -0.25) is 4.90 Å². The number of rotatable bonds is 2. The van der Waals surface area contributed by atoms with E-state index in [1.54, 1.807) is 0 Å². The molecule has 0 saturated carbocycles. The van der Waals surface area contributed by atoms with E-state index in [2.05, 4.69) is 24.0 Å². The van der Waals surface area contributed by atoms with Gasteiger partial charge in [0.15, 0.2) is 0 Å². The van der Waals surface area contributed by atoms with Crippen molar-refractivity contribution in [2.75, 3.05) is 20.6 Å². The van der Waals surface area contributed by atoms with Crippen molar-refractivity contribution in [3.63, 3.8) is 0 Å². The Hall–Kier alpha value is -0.780. The normalized spacial score (nSPS) is 23.0. The van der Waals surface area contributed by atoms with Crippen LogP contribution in [0.4, 0.5) is 0 Å². The smallest absolute Gasteiger partial charge is 0.117 e. The topological polar surface area (TPSA) is 23.5 Å². The molecule has 0 saturated heterocycles. The molecule has 0 unspecified atom stereocenters. The number of allylic oxidation sites excluding steroid dienone is 2. The molecule has 0 fully saturated rings. The summed E-state index contributed by atoms with van der Waals surface area (Å²) in [6, 6.07) is 0. The van der Waals surface area contributed by atoms with Gasteiger partial charge in [-0.15, -0.1) is 0 Å². The molecular weight excluding hydrogens is 174 g/mol. The second kappa shape index (κ2) is 5.85. The minimum absolute atomic E-state index is 0.342. The largest absolute Gasteiger partial charge is 0.380 e. The zero-order valence-electron chi connectivity index (χ0n) is 9.03. The van der Waals surface area contributed by atoms with E-state index in [4.69, 9.17) is 0 Å². The average Bonchev–Trinajstić information content (AvgIpc) is 2.18. The van der Waals surface area contributed by atoms with E-state index in [-0.39, 0.29) is 0 Å². The number of hydrogen-bond acceptors (Lipinski definition) is 2. The average molecular weight is 193 g/mol. The van der Waals surface area contributed by atoms with Gasteiger partial charge in [0.05, 0.1) is 6.54 Å². The van der Waals surface area contributed by atoms with Gasteiger partial charge in [-0.25, -0.2) is 0 Å². The van der Waals surface area contributed by atoms with E-state index < -0.39 is 6.10 Å². The first-order valence-electron chi connectivity index (χ1n) is 5.16. The molecule has 2 nitrogen and oxygen atoms in total. The third kappa shape index (κ3) is 3.95. The van der Waals surface area contributed by atoms with Crippen LogP contribution in [-0.4, -0.2) is 36.8 Å². The Morgan fingerprint density at radius 3 is 2.86 bits per heavy atom. The minimum atomic E-state index is -0.445. The molecule has 78 valence electrons. The Kier molecular flexibility index (Phi) is 4.72. The van der Waals surface area contributed by atoms with Crippen LogP contribution in [0.15, 0.2) is 12.2 Å². The van der Waals surface area contributed by atoms with E-state index in [1.165, 1.54) is 0 Å². The van der Waals surface area contributed by atoms with E-state index in [0.29, 0.717) is 5.92 Å². The maximum Gasteiger partial charge on any atom is 0.117 e. The van der Waals surface area contributed by atoms with Crippen molar-refractivity contribution in [1.29, 1.82) is 0 Å². The molecule has 0 heterocycles. The van der Waals surface area contributed by atoms with Gasteiger partial charge >= 0.3 is 0 Å². The van der Waals surface area contributed by atoms with Crippen LogP contribution in [0.3, 0.4) is 0 Å². The Morgan fingerprint density at radius 1 is 1.50 bits per heavy atom. The second-order valence-electron chi connectivity index (χ2n) is 4.05. The van der Waals surface area contributed by atoms with Crippen LogP contribution in [0.1, 0.15) is 19.3 Å². The molecular formula is C12H19NO. The van der Waals surface area contributed by atoms with Crippen LogP contribution in [0.5, 0.6) is 0 Å². The lowest BCUT2D eigenvalue weighted by Crippen LogP contribution is -2.20. The third-order valence-electron chi connectivity index (χ3n) is 2.40. The lowest BCUT2D eigenvalue weighted by molar-refractivity contribution is 0.154. The number of aliphatic hydroxyl groups is 1. The van der Waals surface area contributed by atoms with Crippen LogP contribution in [0.2, 0.25) is 0 Å². The molecule has 1 aliphatic carbocycles. The molecule has 2 atom stereocenters. The standard InChI is InChI=1S/C12H19NO/c1-13(2)10-6-9-12(14)11-7-4-3-5-8-11/h3-4,11-12,14H,5,7-8,10H2,1-2H3/t11-,12-/m1/s1. The molecule has 0 aromatic rings. The summed E-state index contributed by atoms with van der Waals surface area (Å²) < 4.78 is 0. The SMILES string of the molecule is CN(C)CC#C[C@@H](O)[C@@H]1CC=CCC1. The van der Waals surface area contributed by atoms with Gasteiger partial charge < -0.3 is 5.11 Å². The van der Waals surface area contributed by atoms with Crippen LogP contribution in [0, 0.1) is 17.8 Å². The zero-order chi connectivity index (χ0) is 10.4. The molecule has 0 radical (unpaired) electrons. The summed E-state index contributed by atoms with van der Waals surface area (Å²) >= 11 is 0. The lowest BCUT2D eigenvalue weighted by atomic mass is 9.90. The molecule has 0 aromatic carbocycles. The summed E-state index contributed by atoms with van der Waals surface area (Å²) in [7, 11) is 3.95. The molecule has 1 rings (SSSR count). The van der Waals surface area contributed by atoms with Gasteiger partial charge in [0.1, 0.15) is 6.10 Å². The highest BCUT2D eigenvalue weighted by atomic mass is 16.3. The Balaban J connectivity index is 2.35. The van der Waals surface area contributed by atoms with Crippen molar-refractivity contribution in [2.45, 2.75) is 25.4 Å². The second-order valence-corrected chi connectivity index (χ2v) is 4.05. The Morgan fingerprint density at radius 2 is 2.29 bits per heavy atom. The number of aliphatic hydroxyl groups excluding tert-OH is 1. The highest BCUT2D eigenvalue weighted by Gasteiger charge is 2.16. The van der Waals surface area contributed by atoms with E-state index in [0.717, 1.165) is 25.8 Å². The maximum atomic E-state index is 9.76. The van der Waals surface area contributed by atoms with Gasteiger partial charge in [0, 0.05) is 0 Å². The summed E-state index contributed by atoms with van der Waals surface area (Å²) in [5, 5.41) is 9.76. The summed E-state index contributed by atoms with van der Waals surface area (Å²) in [6.45, 7) is 0.722. The van der Waals surface area contributed by atoms with Gasteiger partial charge in [0.2, 0.25) is 0 Å². The third-order valence-corrected chi connectivity index (χ3v) is 2.40. The van der Waals surface area contributed by atoms with Gasteiger partial charge in [-0.1, -0.05) is 24.0 Å². The fourth-order valence-electron chi connectivity index (χ4n) is 1.53. The summed E-state index contributed by atoms with van der Waals surface area (Å²) in [6.07, 6.45) is 6.99. The van der Waals surface area contributed by atoms with Crippen LogP contribution in [0.25, 0.3) is 0 Å². The first-order valence-corrected chi connectivity index (χ1v) is 5.16. The van der Waals surface area contributed by atoms with Crippen LogP contribution < -0.4 is 0 Å². The summed E-state index contributed by atoms with van der Waals surface area (Å²) in [5.41, 5.74) is 0. The van der Waals surface area contributed by atoms with Crippen LogP contribution in [-0.2, 0) is 0 Å². The Bertz CT molecular complexity index is 247. The number of nitrogens with zero attached hydrogens (tertiary/aromatic N) is 1. The molecule has 0 amide bonds. The van der Waals surface area contributed by atoms with Crippen molar-refractivity contribution in [3.8, 4) is 11.8 Å². The fraction of sp³-hybridized carbons (Fsp3) is 0.667. The highest BCUT2D eigenvalue weighted by Crippen LogP contribution is 2.21. The minimum Gasteiger partial charge on any atom is -0.380 e. The molecule has 0 aliphatic heterocycles. The van der Waals surface area contributed by atoms with Crippen LogP contribution >= 0.6 is 0 Å². The predicted molar refractivity (Wildman–Crippen MR) is 58.8 cm³/mol. The van der Waals surface area contributed by atoms with Gasteiger partial charge in [0.25, 0.3) is 0 Å². The van der Waals surface area contributed by atoms with Crippen molar-refractivity contribution in [3.05, 3.63) is 12.2 Å². The highest BCUT2D eigenvalue weighted by molar-refractivity contribution is 5.09. The fourth-order valence-corrected chi connectivity index (χ4v) is 1.53. The predicted octanol–water partition coefficient (Wildman–Crippen LogP) is 1.27. The van der Waals surface area contributed by atoms with Crippen molar-refractivity contribution in [1.82, 2.24) is 4.90 Å². The molecule has 0 spiro atoms. The summed E-state index contributed by atoms with van der Waals surface area (Å²) in [5.74, 6) is 6.24.